The molecule has 0 saturated heterocycles. The van der Waals surface area contributed by atoms with Gasteiger partial charge in [0.1, 0.15) is 0 Å². The van der Waals surface area contributed by atoms with Gasteiger partial charge in [-0.15, -0.1) is 0 Å². The molecule has 1 nitrogen and oxygen atoms in total. The Morgan fingerprint density at radius 2 is 1.35 bits per heavy atom. The second-order valence-electron chi connectivity index (χ2n) is 8.86. The maximum Gasteiger partial charge on any atom is 0.0526 e. The third-order valence-electron chi connectivity index (χ3n) is 7.14. The van der Waals surface area contributed by atoms with E-state index in [0.717, 1.165) is 0 Å². The van der Waals surface area contributed by atoms with Crippen molar-refractivity contribution < 1.29 is 0 Å². The van der Waals surface area contributed by atoms with Crippen LogP contribution >= 0.6 is 0 Å². The highest BCUT2D eigenvalue weighted by Crippen LogP contribution is 2.52. The first-order valence-corrected chi connectivity index (χ1v) is 11.5. The average molecular weight is 402 g/mol. The zero-order chi connectivity index (χ0) is 20.9. The topological polar surface area (TPSA) is 3.24 Å². The number of hydrogen-bond donors (Lipinski definition) is 0. The van der Waals surface area contributed by atoms with Gasteiger partial charge < -0.3 is 4.90 Å². The number of benzene rings is 5. The summed E-state index contributed by atoms with van der Waals surface area (Å²) in [6.45, 7) is 2.30. The van der Waals surface area contributed by atoms with E-state index in [-0.39, 0.29) is 0 Å². The van der Waals surface area contributed by atoms with Crippen molar-refractivity contribution in [1.29, 1.82) is 0 Å². The van der Waals surface area contributed by atoms with Gasteiger partial charge in [-0.1, -0.05) is 98.6 Å². The molecular weight excluding hydrogens is 374 g/mol. The van der Waals surface area contributed by atoms with Crippen LogP contribution in [0.25, 0.3) is 32.3 Å². The number of unbranched alkanes of at least 4 members (excludes halogenated alkanes) is 1. The van der Waals surface area contributed by atoms with E-state index in [4.69, 9.17) is 0 Å². The van der Waals surface area contributed by atoms with Gasteiger partial charge in [0, 0.05) is 24.0 Å². The molecule has 0 aliphatic carbocycles. The first kappa shape index (κ1) is 18.4. The van der Waals surface area contributed by atoms with Crippen molar-refractivity contribution in [3.05, 3.63) is 96.1 Å². The van der Waals surface area contributed by atoms with Gasteiger partial charge in [-0.2, -0.15) is 0 Å². The van der Waals surface area contributed by atoms with Crippen LogP contribution in [0.5, 0.6) is 0 Å². The number of nitrogens with zero attached hydrogens (tertiary/aromatic N) is 1. The van der Waals surface area contributed by atoms with Crippen molar-refractivity contribution in [3.8, 4) is 0 Å². The van der Waals surface area contributed by atoms with E-state index in [1.54, 1.807) is 0 Å². The molecule has 0 spiro atoms. The minimum Gasteiger partial charge on any atom is -0.344 e. The van der Waals surface area contributed by atoms with E-state index in [2.05, 4.69) is 104 Å². The van der Waals surface area contributed by atoms with E-state index in [0.29, 0.717) is 5.92 Å². The summed E-state index contributed by atoms with van der Waals surface area (Å²) in [5.41, 5.74) is 5.71. The Labute approximate surface area is 183 Å². The molecule has 5 aromatic carbocycles. The smallest absolute Gasteiger partial charge is 0.0526 e. The molecule has 1 unspecified atom stereocenters. The van der Waals surface area contributed by atoms with Gasteiger partial charge in [-0.3, -0.25) is 0 Å². The first-order valence-electron chi connectivity index (χ1n) is 11.5. The van der Waals surface area contributed by atoms with Crippen molar-refractivity contribution in [3.63, 3.8) is 0 Å². The number of hydrogen-bond acceptors (Lipinski definition) is 1. The molecule has 0 saturated carbocycles. The van der Waals surface area contributed by atoms with Gasteiger partial charge in [-0.05, 0) is 50.5 Å². The van der Waals surface area contributed by atoms with Gasteiger partial charge in [0.25, 0.3) is 0 Å². The fourth-order valence-corrected chi connectivity index (χ4v) is 5.67. The Balaban J connectivity index is 1.68. The Bertz CT molecular complexity index is 1450. The SMILES string of the molecule is CCCCC1c2ccc3c(ccc4ccccc43)c2N(C)c2ccc3ccccc3c21. The molecule has 1 aliphatic heterocycles. The number of fused-ring (bicyclic) bond motifs is 8. The summed E-state index contributed by atoms with van der Waals surface area (Å²) < 4.78 is 0. The molecule has 1 heteroatoms. The van der Waals surface area contributed by atoms with Gasteiger partial charge in [0.2, 0.25) is 0 Å². The van der Waals surface area contributed by atoms with E-state index in [1.165, 1.54) is 74.1 Å². The Morgan fingerprint density at radius 3 is 2.16 bits per heavy atom. The average Bonchev–Trinajstić information content (AvgIpc) is 2.83. The minimum atomic E-state index is 0.433. The second-order valence-corrected chi connectivity index (χ2v) is 8.86. The van der Waals surface area contributed by atoms with Crippen LogP contribution in [-0.2, 0) is 0 Å². The standard InChI is InChI=1S/C30H27N/c1-3-4-11-25-27-18-17-24-22-12-7-5-9-20(22)14-16-26(24)30(27)31(2)28-19-15-21-10-6-8-13-23(21)29(25)28/h5-10,12-19,25H,3-4,11H2,1-2H3. The highest BCUT2D eigenvalue weighted by Gasteiger charge is 2.31. The maximum absolute atomic E-state index is 2.44. The molecule has 0 N–H and O–H groups in total. The summed E-state index contributed by atoms with van der Waals surface area (Å²) in [7, 11) is 2.25. The van der Waals surface area contributed by atoms with Gasteiger partial charge >= 0.3 is 0 Å². The van der Waals surface area contributed by atoms with Crippen LogP contribution in [0.1, 0.15) is 43.2 Å². The lowest BCUT2D eigenvalue weighted by molar-refractivity contribution is 0.648. The summed E-state index contributed by atoms with van der Waals surface area (Å²) in [6.07, 6.45) is 3.66. The normalized spacial score (nSPS) is 15.4. The number of anilines is 2. The molecule has 0 radical (unpaired) electrons. The molecule has 1 heterocycles. The van der Waals surface area contributed by atoms with Crippen molar-refractivity contribution in [2.45, 2.75) is 32.1 Å². The molecule has 1 atom stereocenters. The molecule has 152 valence electrons. The quantitative estimate of drug-likeness (QED) is 0.274. The number of rotatable bonds is 3. The van der Waals surface area contributed by atoms with E-state index in [1.807, 2.05) is 0 Å². The van der Waals surface area contributed by atoms with Crippen molar-refractivity contribution >= 4 is 43.7 Å². The van der Waals surface area contributed by atoms with Gasteiger partial charge in [-0.25, -0.2) is 0 Å². The summed E-state index contributed by atoms with van der Waals surface area (Å²) in [4.78, 5) is 2.44. The Morgan fingerprint density at radius 1 is 0.677 bits per heavy atom. The van der Waals surface area contributed by atoms with Crippen LogP contribution in [0.2, 0.25) is 0 Å². The van der Waals surface area contributed by atoms with Crippen molar-refractivity contribution in [1.82, 2.24) is 0 Å². The first-order chi connectivity index (χ1) is 15.3. The van der Waals surface area contributed by atoms with Crippen LogP contribution in [-0.4, -0.2) is 7.05 Å². The maximum atomic E-state index is 2.44. The third kappa shape index (κ3) is 2.69. The summed E-state index contributed by atoms with van der Waals surface area (Å²) in [5.74, 6) is 0.433. The van der Waals surface area contributed by atoms with Crippen LogP contribution in [0.4, 0.5) is 11.4 Å². The van der Waals surface area contributed by atoms with E-state index < -0.39 is 0 Å². The van der Waals surface area contributed by atoms with Crippen molar-refractivity contribution in [2.24, 2.45) is 0 Å². The molecule has 6 rings (SSSR count). The van der Waals surface area contributed by atoms with Gasteiger partial charge in [0.15, 0.2) is 0 Å². The third-order valence-corrected chi connectivity index (χ3v) is 7.14. The summed E-state index contributed by atoms with van der Waals surface area (Å²) in [6, 6.07) is 31.6. The lowest BCUT2D eigenvalue weighted by Crippen LogP contribution is -2.22. The minimum absolute atomic E-state index is 0.433. The molecule has 5 aromatic rings. The molecule has 0 aromatic heterocycles. The zero-order valence-electron chi connectivity index (χ0n) is 18.2. The Hall–Kier alpha value is -3.32. The molecule has 0 bridgehead atoms. The second kappa shape index (κ2) is 7.13. The van der Waals surface area contributed by atoms with Crippen LogP contribution in [0.15, 0.2) is 84.9 Å². The predicted molar refractivity (Wildman–Crippen MR) is 135 cm³/mol. The molecular formula is C30H27N. The predicted octanol–water partition coefficient (Wildman–Crippen LogP) is 8.55. The zero-order valence-corrected chi connectivity index (χ0v) is 18.2. The van der Waals surface area contributed by atoms with Gasteiger partial charge in [0.05, 0.1) is 5.69 Å². The lowest BCUT2D eigenvalue weighted by atomic mass is 9.78. The van der Waals surface area contributed by atoms with E-state index in [9.17, 15) is 0 Å². The monoisotopic (exact) mass is 401 g/mol. The highest BCUT2D eigenvalue weighted by molar-refractivity contribution is 6.13. The van der Waals surface area contributed by atoms with E-state index >= 15 is 0 Å². The molecule has 0 amide bonds. The van der Waals surface area contributed by atoms with Crippen molar-refractivity contribution in [2.75, 3.05) is 11.9 Å². The molecule has 0 fully saturated rings. The van der Waals surface area contributed by atoms with Crippen LogP contribution in [0.3, 0.4) is 0 Å². The summed E-state index contributed by atoms with van der Waals surface area (Å²) >= 11 is 0. The Kier molecular flexibility index (Phi) is 4.24. The molecule has 31 heavy (non-hydrogen) atoms. The fourth-order valence-electron chi connectivity index (χ4n) is 5.67. The van der Waals surface area contributed by atoms with Crippen LogP contribution in [0, 0.1) is 0 Å². The largest absolute Gasteiger partial charge is 0.344 e. The lowest BCUT2D eigenvalue weighted by Gasteiger charge is -2.37. The highest BCUT2D eigenvalue weighted by atomic mass is 15.1. The summed E-state index contributed by atoms with van der Waals surface area (Å²) in [5, 5.41) is 8.10. The molecule has 1 aliphatic rings. The van der Waals surface area contributed by atoms with Crippen LogP contribution < -0.4 is 4.90 Å². The fraction of sp³-hybridized carbons (Fsp3) is 0.200.